The number of hydrogen-bond donors (Lipinski definition) is 0. The molecule has 13 rings (SSSR count). The highest BCUT2D eigenvalue weighted by atomic mass is 16.3. The first kappa shape index (κ1) is 40.1. The third kappa shape index (κ3) is 6.99. The average molecular weight is 881 g/mol. The van der Waals surface area contributed by atoms with Gasteiger partial charge in [-0.05, 0) is 105 Å². The van der Waals surface area contributed by atoms with Crippen molar-refractivity contribution < 1.29 is 4.42 Å². The first-order valence-electron chi connectivity index (χ1n) is 23.6. The first-order chi connectivity index (χ1) is 34.2. The molecule has 0 spiro atoms. The highest BCUT2D eigenvalue weighted by Gasteiger charge is 2.20. The Hall–Kier alpha value is -9.18. The summed E-state index contributed by atoms with van der Waals surface area (Å²) in [5, 5.41) is 4.75. The largest absolute Gasteiger partial charge is 0.455 e. The SMILES string of the molecule is c1ccc(-c2ccccc2-c2ccc(N(c3ccc(-c4cccc5c4oc4ccccc45)cc3)c3cccc(-c4ccccc4-c4ccccc4-n4c5ccccc5c5ccccc54)c3)cc2)cc1. The van der Waals surface area contributed by atoms with E-state index in [0.29, 0.717) is 0 Å². The van der Waals surface area contributed by atoms with E-state index in [1.54, 1.807) is 0 Å². The maximum Gasteiger partial charge on any atom is 0.143 e. The molecule has 0 amide bonds. The molecule has 0 unspecified atom stereocenters. The van der Waals surface area contributed by atoms with E-state index in [1.165, 1.54) is 49.6 Å². The van der Waals surface area contributed by atoms with Crippen LogP contribution in [0, 0.1) is 0 Å². The second kappa shape index (κ2) is 16.9. The van der Waals surface area contributed by atoms with Crippen LogP contribution in [-0.2, 0) is 0 Å². The molecule has 324 valence electrons. The Morgan fingerprint density at radius 2 is 0.725 bits per heavy atom. The van der Waals surface area contributed by atoms with Crippen LogP contribution in [0.15, 0.2) is 271 Å². The van der Waals surface area contributed by atoms with Gasteiger partial charge >= 0.3 is 0 Å². The minimum absolute atomic E-state index is 0.897. The average Bonchev–Trinajstić information content (AvgIpc) is 3.98. The van der Waals surface area contributed by atoms with Gasteiger partial charge in [0.2, 0.25) is 0 Å². The Morgan fingerprint density at radius 1 is 0.275 bits per heavy atom. The molecule has 0 N–H and O–H groups in total. The fourth-order valence-corrected chi connectivity index (χ4v) is 10.5. The number of anilines is 3. The molecule has 0 saturated heterocycles. The van der Waals surface area contributed by atoms with Crippen molar-refractivity contribution in [1.29, 1.82) is 0 Å². The third-order valence-corrected chi connectivity index (χ3v) is 13.6. The zero-order chi connectivity index (χ0) is 45.7. The van der Waals surface area contributed by atoms with Gasteiger partial charge in [0.15, 0.2) is 0 Å². The predicted octanol–water partition coefficient (Wildman–Crippen LogP) is 18.5. The van der Waals surface area contributed by atoms with E-state index in [9.17, 15) is 0 Å². The number of rotatable bonds is 9. The lowest BCUT2D eigenvalue weighted by Gasteiger charge is -2.27. The molecule has 0 radical (unpaired) electrons. The highest BCUT2D eigenvalue weighted by molar-refractivity contribution is 6.11. The summed E-state index contributed by atoms with van der Waals surface area (Å²) in [4.78, 5) is 2.37. The fraction of sp³-hybridized carbons (Fsp3) is 0. The van der Waals surface area contributed by atoms with Crippen LogP contribution in [0.5, 0.6) is 0 Å². The van der Waals surface area contributed by atoms with Gasteiger partial charge in [-0.25, -0.2) is 0 Å². The van der Waals surface area contributed by atoms with Gasteiger partial charge in [-0.2, -0.15) is 0 Å². The number of furan rings is 1. The smallest absolute Gasteiger partial charge is 0.143 e. The quantitative estimate of drug-likeness (QED) is 0.144. The Kier molecular flexibility index (Phi) is 9.84. The van der Waals surface area contributed by atoms with Gasteiger partial charge < -0.3 is 13.9 Å². The van der Waals surface area contributed by atoms with Gasteiger partial charge in [0.25, 0.3) is 0 Å². The Labute approximate surface area is 401 Å². The monoisotopic (exact) mass is 880 g/mol. The van der Waals surface area contributed by atoms with E-state index in [1.807, 2.05) is 12.1 Å². The molecule has 69 heavy (non-hydrogen) atoms. The zero-order valence-corrected chi connectivity index (χ0v) is 37.7. The lowest BCUT2D eigenvalue weighted by atomic mass is 9.93. The molecule has 0 saturated carbocycles. The van der Waals surface area contributed by atoms with Crippen molar-refractivity contribution >= 4 is 60.8 Å². The molecule has 11 aromatic carbocycles. The molecule has 0 bridgehead atoms. The molecule has 0 fully saturated rings. The molecule has 2 heterocycles. The van der Waals surface area contributed by atoms with E-state index < -0.39 is 0 Å². The van der Waals surface area contributed by atoms with E-state index >= 15 is 0 Å². The first-order valence-corrected chi connectivity index (χ1v) is 23.6. The van der Waals surface area contributed by atoms with E-state index in [0.717, 1.165) is 72.5 Å². The molecule has 3 nitrogen and oxygen atoms in total. The van der Waals surface area contributed by atoms with Crippen LogP contribution in [0.2, 0.25) is 0 Å². The van der Waals surface area contributed by atoms with Gasteiger partial charge in [-0.15, -0.1) is 0 Å². The van der Waals surface area contributed by atoms with Gasteiger partial charge in [-0.1, -0.05) is 206 Å². The fourth-order valence-electron chi connectivity index (χ4n) is 10.5. The number of hydrogen-bond acceptors (Lipinski definition) is 2. The minimum Gasteiger partial charge on any atom is -0.455 e. The van der Waals surface area contributed by atoms with Crippen LogP contribution < -0.4 is 4.90 Å². The topological polar surface area (TPSA) is 21.3 Å². The molecule has 0 aliphatic rings. The van der Waals surface area contributed by atoms with Crippen molar-refractivity contribution in [1.82, 2.24) is 4.57 Å². The number of aromatic nitrogens is 1. The lowest BCUT2D eigenvalue weighted by Crippen LogP contribution is -2.10. The zero-order valence-electron chi connectivity index (χ0n) is 37.7. The van der Waals surface area contributed by atoms with Crippen molar-refractivity contribution in [2.45, 2.75) is 0 Å². The maximum absolute atomic E-state index is 6.49. The summed E-state index contributed by atoms with van der Waals surface area (Å²) in [6.07, 6.45) is 0. The van der Waals surface area contributed by atoms with E-state index in [-0.39, 0.29) is 0 Å². The van der Waals surface area contributed by atoms with Crippen molar-refractivity contribution in [3.8, 4) is 61.3 Å². The van der Waals surface area contributed by atoms with Crippen LogP contribution in [0.1, 0.15) is 0 Å². The van der Waals surface area contributed by atoms with Crippen molar-refractivity contribution in [2.24, 2.45) is 0 Å². The van der Waals surface area contributed by atoms with Crippen LogP contribution in [0.25, 0.3) is 105 Å². The van der Waals surface area contributed by atoms with Crippen LogP contribution in [0.4, 0.5) is 17.1 Å². The molecule has 0 atom stereocenters. The Bertz CT molecular complexity index is 3960. The summed E-state index contributed by atoms with van der Waals surface area (Å²) < 4.78 is 8.92. The highest BCUT2D eigenvalue weighted by Crippen LogP contribution is 2.44. The van der Waals surface area contributed by atoms with Crippen molar-refractivity contribution in [3.05, 3.63) is 267 Å². The van der Waals surface area contributed by atoms with Crippen LogP contribution in [0.3, 0.4) is 0 Å². The van der Waals surface area contributed by atoms with Crippen LogP contribution >= 0.6 is 0 Å². The maximum atomic E-state index is 6.49. The number of nitrogens with zero attached hydrogens (tertiary/aromatic N) is 2. The van der Waals surface area contributed by atoms with E-state index in [2.05, 4.69) is 264 Å². The van der Waals surface area contributed by atoms with Gasteiger partial charge in [0.05, 0.1) is 16.7 Å². The molecular weight excluding hydrogens is 837 g/mol. The Balaban J connectivity index is 0.936. The molecule has 0 aliphatic heterocycles. The molecule has 2 aromatic heterocycles. The van der Waals surface area contributed by atoms with Crippen LogP contribution in [-0.4, -0.2) is 4.57 Å². The van der Waals surface area contributed by atoms with Crippen molar-refractivity contribution in [3.63, 3.8) is 0 Å². The molecule has 3 heteroatoms. The third-order valence-electron chi connectivity index (χ3n) is 13.6. The van der Waals surface area contributed by atoms with E-state index in [4.69, 9.17) is 4.42 Å². The number of para-hydroxylation sites is 5. The normalized spacial score (nSPS) is 11.5. The standard InChI is InChI=1S/C66H44N2O/c1-2-18-45(19-3-1)52-22-4-5-23-53(52)46-36-40-49(41-37-46)67(50-42-38-47(39-43-50)55-30-17-31-61-60-29-11-15-35-65(60)69-66(55)61)51-21-16-20-48(44-51)54-24-6-7-25-56(54)57-26-8-12-32-62(57)68-63-33-13-9-27-58(63)59-28-10-14-34-64(59)68/h1-44H. The second-order valence-corrected chi connectivity index (χ2v) is 17.6. The second-order valence-electron chi connectivity index (χ2n) is 17.6. The Morgan fingerprint density at radius 3 is 1.39 bits per heavy atom. The summed E-state index contributed by atoms with van der Waals surface area (Å²) in [7, 11) is 0. The summed E-state index contributed by atoms with van der Waals surface area (Å²) in [5.41, 5.74) is 20.1. The summed E-state index contributed by atoms with van der Waals surface area (Å²) >= 11 is 0. The number of fused-ring (bicyclic) bond motifs is 6. The molecule has 0 aliphatic carbocycles. The predicted molar refractivity (Wildman–Crippen MR) is 290 cm³/mol. The van der Waals surface area contributed by atoms with Gasteiger partial charge in [-0.3, -0.25) is 0 Å². The summed E-state index contributed by atoms with van der Waals surface area (Å²) in [5.74, 6) is 0. The van der Waals surface area contributed by atoms with Gasteiger partial charge in [0.1, 0.15) is 11.2 Å². The number of benzene rings is 11. The van der Waals surface area contributed by atoms with Gasteiger partial charge in [0, 0.05) is 49.7 Å². The molecular formula is C66H44N2O. The summed E-state index contributed by atoms with van der Waals surface area (Å²) in [6.45, 7) is 0. The lowest BCUT2D eigenvalue weighted by molar-refractivity contribution is 0.670. The summed E-state index contributed by atoms with van der Waals surface area (Å²) in [6, 6.07) is 96.1. The van der Waals surface area contributed by atoms with Crippen molar-refractivity contribution in [2.75, 3.05) is 4.90 Å². The molecule has 13 aromatic rings. The minimum atomic E-state index is 0.897.